The lowest BCUT2D eigenvalue weighted by molar-refractivity contribution is -0.152. The molecule has 2 heterocycles. The molecule has 1 aromatic carbocycles. The Morgan fingerprint density at radius 2 is 1.92 bits per heavy atom. The summed E-state index contributed by atoms with van der Waals surface area (Å²) in [6.45, 7) is 6.40. The van der Waals surface area contributed by atoms with Crippen LogP contribution in [0.25, 0.3) is 0 Å². The minimum Gasteiger partial charge on any atom is -0.372 e. The zero-order valence-corrected chi connectivity index (χ0v) is 15.5. The summed E-state index contributed by atoms with van der Waals surface area (Å²) in [5, 5.41) is -0.335. The highest BCUT2D eigenvalue weighted by molar-refractivity contribution is 7.99. The second kappa shape index (κ2) is 7.33. The molecule has 0 bridgehead atoms. The molecular formula is C18H23FN2O3S. The predicted octanol–water partition coefficient (Wildman–Crippen LogP) is 2.42. The van der Waals surface area contributed by atoms with E-state index < -0.39 is 6.04 Å². The van der Waals surface area contributed by atoms with Gasteiger partial charge < -0.3 is 14.5 Å². The van der Waals surface area contributed by atoms with Crippen LogP contribution in [0.3, 0.4) is 0 Å². The van der Waals surface area contributed by atoms with Crippen LogP contribution in [-0.4, -0.2) is 58.7 Å². The Balaban J connectivity index is 1.82. The van der Waals surface area contributed by atoms with Crippen molar-refractivity contribution in [1.82, 2.24) is 9.80 Å². The number of amides is 2. The first-order valence-corrected chi connectivity index (χ1v) is 9.52. The summed E-state index contributed by atoms with van der Waals surface area (Å²) in [7, 11) is 0. The van der Waals surface area contributed by atoms with Gasteiger partial charge in [0.15, 0.2) is 0 Å². The molecule has 2 aliphatic rings. The molecule has 0 aromatic heterocycles. The van der Waals surface area contributed by atoms with Gasteiger partial charge in [-0.3, -0.25) is 9.59 Å². The third kappa shape index (κ3) is 3.82. The van der Waals surface area contributed by atoms with Gasteiger partial charge in [0.2, 0.25) is 11.8 Å². The van der Waals surface area contributed by atoms with Gasteiger partial charge in [-0.1, -0.05) is 12.1 Å². The van der Waals surface area contributed by atoms with Crippen molar-refractivity contribution >= 4 is 23.6 Å². The van der Waals surface area contributed by atoms with Crippen LogP contribution < -0.4 is 0 Å². The number of benzene rings is 1. The maximum atomic E-state index is 13.6. The molecule has 2 fully saturated rings. The quantitative estimate of drug-likeness (QED) is 0.807. The van der Waals surface area contributed by atoms with Crippen molar-refractivity contribution < 1.29 is 18.7 Å². The van der Waals surface area contributed by atoms with E-state index in [9.17, 15) is 14.0 Å². The van der Waals surface area contributed by atoms with Crippen LogP contribution in [0.5, 0.6) is 0 Å². The fourth-order valence-corrected chi connectivity index (χ4v) is 5.03. The van der Waals surface area contributed by atoms with E-state index in [0.29, 0.717) is 24.4 Å². The molecule has 0 aliphatic carbocycles. The van der Waals surface area contributed by atoms with Crippen LogP contribution in [0, 0.1) is 5.82 Å². The highest BCUT2D eigenvalue weighted by Crippen LogP contribution is 2.42. The molecule has 7 heteroatoms. The Kier molecular flexibility index (Phi) is 5.34. The molecule has 136 valence electrons. The van der Waals surface area contributed by atoms with Gasteiger partial charge in [-0.15, -0.1) is 11.8 Å². The second-order valence-electron chi connectivity index (χ2n) is 6.68. The molecule has 2 saturated heterocycles. The van der Waals surface area contributed by atoms with E-state index in [0.717, 1.165) is 0 Å². The summed E-state index contributed by atoms with van der Waals surface area (Å²) in [5.41, 5.74) is 0.708. The Morgan fingerprint density at radius 3 is 2.52 bits per heavy atom. The van der Waals surface area contributed by atoms with Crippen LogP contribution in [-0.2, 0) is 14.3 Å². The van der Waals surface area contributed by atoms with E-state index in [1.165, 1.54) is 30.8 Å². The van der Waals surface area contributed by atoms with E-state index in [-0.39, 0.29) is 35.2 Å². The SMILES string of the molecule is CC(=O)N1C(C(=O)N2CC(C)OC(C)C2)CSC1c1cccc(F)c1. The highest BCUT2D eigenvalue weighted by atomic mass is 32.2. The number of carbonyl (C=O) groups excluding carboxylic acids is 2. The molecule has 2 amide bonds. The summed E-state index contributed by atoms with van der Waals surface area (Å²) in [4.78, 5) is 28.7. The molecule has 25 heavy (non-hydrogen) atoms. The summed E-state index contributed by atoms with van der Waals surface area (Å²) in [6.07, 6.45) is -0.0434. The highest BCUT2D eigenvalue weighted by Gasteiger charge is 2.43. The van der Waals surface area contributed by atoms with Crippen LogP contribution in [0.15, 0.2) is 24.3 Å². The van der Waals surface area contributed by atoms with Crippen LogP contribution in [0.4, 0.5) is 4.39 Å². The average Bonchev–Trinajstić information content (AvgIpc) is 2.98. The minimum absolute atomic E-state index is 0.0217. The fraction of sp³-hybridized carbons (Fsp3) is 0.556. The average molecular weight is 366 g/mol. The van der Waals surface area contributed by atoms with Crippen molar-refractivity contribution in [2.24, 2.45) is 0 Å². The number of rotatable bonds is 2. The van der Waals surface area contributed by atoms with Crippen molar-refractivity contribution in [3.63, 3.8) is 0 Å². The van der Waals surface area contributed by atoms with E-state index >= 15 is 0 Å². The molecule has 5 nitrogen and oxygen atoms in total. The number of ether oxygens (including phenoxy) is 1. The third-order valence-electron chi connectivity index (χ3n) is 4.51. The zero-order valence-electron chi connectivity index (χ0n) is 14.6. The molecule has 3 rings (SSSR count). The van der Waals surface area contributed by atoms with E-state index in [1.54, 1.807) is 21.9 Å². The molecule has 4 unspecified atom stereocenters. The van der Waals surface area contributed by atoms with Gasteiger partial charge >= 0.3 is 0 Å². The summed E-state index contributed by atoms with van der Waals surface area (Å²) < 4.78 is 19.3. The minimum atomic E-state index is -0.520. The predicted molar refractivity (Wildman–Crippen MR) is 94.5 cm³/mol. The number of thioether (sulfide) groups is 1. The lowest BCUT2D eigenvalue weighted by Gasteiger charge is -2.38. The lowest BCUT2D eigenvalue weighted by atomic mass is 10.1. The summed E-state index contributed by atoms with van der Waals surface area (Å²) in [5.74, 6) is -0.0533. The third-order valence-corrected chi connectivity index (χ3v) is 5.84. The van der Waals surface area contributed by atoms with Gasteiger partial charge in [-0.05, 0) is 31.5 Å². The normalized spacial score (nSPS) is 29.8. The first-order valence-electron chi connectivity index (χ1n) is 8.47. The van der Waals surface area contributed by atoms with Crippen LogP contribution in [0.1, 0.15) is 31.7 Å². The molecule has 0 radical (unpaired) electrons. The van der Waals surface area contributed by atoms with E-state index in [1.807, 2.05) is 13.8 Å². The van der Waals surface area contributed by atoms with Crippen molar-refractivity contribution in [1.29, 1.82) is 0 Å². The molecule has 0 saturated carbocycles. The van der Waals surface area contributed by atoms with Crippen LogP contribution >= 0.6 is 11.8 Å². The molecule has 2 aliphatic heterocycles. The topological polar surface area (TPSA) is 49.9 Å². The number of carbonyl (C=O) groups is 2. The van der Waals surface area contributed by atoms with Gasteiger partial charge in [0.05, 0.1) is 12.2 Å². The number of morpholine rings is 1. The van der Waals surface area contributed by atoms with Gasteiger partial charge in [-0.2, -0.15) is 0 Å². The van der Waals surface area contributed by atoms with E-state index in [2.05, 4.69) is 0 Å². The summed E-state index contributed by atoms with van der Waals surface area (Å²) in [6, 6.07) is 5.71. The van der Waals surface area contributed by atoms with Crippen molar-refractivity contribution in [3.05, 3.63) is 35.6 Å². The van der Waals surface area contributed by atoms with Crippen molar-refractivity contribution in [2.75, 3.05) is 18.8 Å². The number of halogens is 1. The fourth-order valence-electron chi connectivity index (χ4n) is 3.57. The Morgan fingerprint density at radius 1 is 1.24 bits per heavy atom. The Bertz CT molecular complexity index is 661. The van der Waals surface area contributed by atoms with Gasteiger partial charge in [0.25, 0.3) is 0 Å². The van der Waals surface area contributed by atoms with Crippen molar-refractivity contribution in [3.8, 4) is 0 Å². The first-order chi connectivity index (χ1) is 11.9. The first kappa shape index (κ1) is 18.2. The zero-order chi connectivity index (χ0) is 18.1. The molecule has 0 N–H and O–H groups in total. The van der Waals surface area contributed by atoms with Gasteiger partial charge in [0.1, 0.15) is 17.2 Å². The standard InChI is InChI=1S/C18H23FN2O3S/c1-11-8-20(9-12(2)24-11)17(23)16-10-25-18(21(16)13(3)22)14-5-4-6-15(19)7-14/h4-7,11-12,16,18H,8-10H2,1-3H3. The van der Waals surface area contributed by atoms with Crippen LogP contribution in [0.2, 0.25) is 0 Å². The Hall–Kier alpha value is -1.60. The van der Waals surface area contributed by atoms with E-state index in [4.69, 9.17) is 4.74 Å². The summed E-state index contributed by atoms with van der Waals surface area (Å²) >= 11 is 1.50. The largest absolute Gasteiger partial charge is 0.372 e. The number of hydrogen-bond acceptors (Lipinski definition) is 4. The van der Waals surface area contributed by atoms with Gasteiger partial charge in [-0.25, -0.2) is 4.39 Å². The smallest absolute Gasteiger partial charge is 0.246 e. The molecule has 0 spiro atoms. The molecular weight excluding hydrogens is 343 g/mol. The van der Waals surface area contributed by atoms with Gasteiger partial charge in [0, 0.05) is 25.8 Å². The number of hydrogen-bond donors (Lipinski definition) is 0. The lowest BCUT2D eigenvalue weighted by Crippen LogP contribution is -2.55. The Labute approximate surface area is 151 Å². The number of nitrogens with zero attached hydrogens (tertiary/aromatic N) is 2. The molecule has 1 aromatic rings. The molecule has 4 atom stereocenters. The second-order valence-corrected chi connectivity index (χ2v) is 7.80. The monoisotopic (exact) mass is 366 g/mol. The maximum Gasteiger partial charge on any atom is 0.246 e. The maximum absolute atomic E-state index is 13.6. The van der Waals surface area contributed by atoms with Crippen molar-refractivity contribution in [2.45, 2.75) is 44.4 Å².